The van der Waals surface area contributed by atoms with Crippen LogP contribution in [0.15, 0.2) is 48.8 Å². The topological polar surface area (TPSA) is 51.2 Å². The van der Waals surface area contributed by atoms with Crippen molar-refractivity contribution in [2.24, 2.45) is 0 Å². The largest absolute Gasteiger partial charge is 0.377 e. The number of ether oxygens (including phenoxy) is 1. The van der Waals surface area contributed by atoms with E-state index < -0.39 is 11.7 Å². The lowest BCUT2D eigenvalue weighted by Crippen LogP contribution is -2.26. The summed E-state index contributed by atoms with van der Waals surface area (Å²) in [5, 5.41) is 2.65. The Hall–Kier alpha value is -2.27. The lowest BCUT2D eigenvalue weighted by molar-refractivity contribution is 0.0930. The van der Waals surface area contributed by atoms with E-state index >= 15 is 0 Å². The number of nitrogens with zero attached hydrogens (tertiary/aromatic N) is 1. The average molecular weight is 288 g/mol. The van der Waals surface area contributed by atoms with Crippen LogP contribution in [0.1, 0.15) is 22.3 Å². The molecule has 1 aromatic carbocycles. The molecule has 0 spiro atoms. The van der Waals surface area contributed by atoms with E-state index in [1.807, 2.05) is 30.3 Å². The van der Waals surface area contributed by atoms with Gasteiger partial charge in [0.2, 0.25) is 0 Å². The fourth-order valence-electron chi connectivity index (χ4n) is 1.79. The summed E-state index contributed by atoms with van der Waals surface area (Å²) < 4.78 is 18.8. The second-order valence-corrected chi connectivity index (χ2v) is 4.50. The monoisotopic (exact) mass is 288 g/mol. The molecular formula is C16H17FN2O2. The van der Waals surface area contributed by atoms with E-state index in [0.717, 1.165) is 11.8 Å². The number of nitrogens with one attached hydrogen (secondary N) is 1. The van der Waals surface area contributed by atoms with Crippen LogP contribution in [0.4, 0.5) is 4.39 Å². The summed E-state index contributed by atoms with van der Waals surface area (Å²) in [6, 6.07) is 11.2. The van der Waals surface area contributed by atoms with E-state index in [0.29, 0.717) is 26.2 Å². The lowest BCUT2D eigenvalue weighted by Gasteiger charge is -2.07. The van der Waals surface area contributed by atoms with Gasteiger partial charge in [0, 0.05) is 19.3 Å². The summed E-state index contributed by atoms with van der Waals surface area (Å²) in [5.41, 5.74) is 1.12. The van der Waals surface area contributed by atoms with E-state index in [4.69, 9.17) is 4.74 Å². The fourth-order valence-corrected chi connectivity index (χ4v) is 1.79. The van der Waals surface area contributed by atoms with Crippen LogP contribution < -0.4 is 5.32 Å². The number of hydrogen-bond acceptors (Lipinski definition) is 3. The van der Waals surface area contributed by atoms with Gasteiger partial charge in [0.05, 0.1) is 18.4 Å². The van der Waals surface area contributed by atoms with Crippen LogP contribution in [0.5, 0.6) is 0 Å². The Balaban J connectivity index is 1.62. The van der Waals surface area contributed by atoms with Crippen LogP contribution in [-0.4, -0.2) is 24.0 Å². The van der Waals surface area contributed by atoms with Gasteiger partial charge in [-0.2, -0.15) is 0 Å². The van der Waals surface area contributed by atoms with E-state index in [1.54, 1.807) is 0 Å². The Morgan fingerprint density at radius 2 is 2.05 bits per heavy atom. The van der Waals surface area contributed by atoms with Gasteiger partial charge in [-0.15, -0.1) is 0 Å². The minimum absolute atomic E-state index is 0.00945. The van der Waals surface area contributed by atoms with Crippen LogP contribution in [0, 0.1) is 5.82 Å². The minimum Gasteiger partial charge on any atom is -0.377 e. The molecule has 0 saturated carbocycles. The van der Waals surface area contributed by atoms with Crippen LogP contribution in [0.25, 0.3) is 0 Å². The van der Waals surface area contributed by atoms with Gasteiger partial charge in [-0.05, 0) is 18.1 Å². The first-order chi connectivity index (χ1) is 10.3. The van der Waals surface area contributed by atoms with E-state index in [1.165, 1.54) is 12.3 Å². The molecule has 0 saturated heterocycles. The van der Waals surface area contributed by atoms with Crippen LogP contribution in [-0.2, 0) is 11.3 Å². The quantitative estimate of drug-likeness (QED) is 0.797. The number of amides is 1. The summed E-state index contributed by atoms with van der Waals surface area (Å²) in [5.74, 6) is -1.05. The number of benzene rings is 1. The zero-order chi connectivity index (χ0) is 14.9. The highest BCUT2D eigenvalue weighted by molar-refractivity contribution is 5.94. The maximum absolute atomic E-state index is 13.3. The molecule has 1 amide bonds. The Morgan fingerprint density at radius 1 is 1.24 bits per heavy atom. The Bertz CT molecular complexity index is 575. The molecule has 0 atom stereocenters. The van der Waals surface area contributed by atoms with Crippen molar-refractivity contribution in [3.63, 3.8) is 0 Å². The van der Waals surface area contributed by atoms with Gasteiger partial charge in [0.25, 0.3) is 5.91 Å². The average Bonchev–Trinajstić information content (AvgIpc) is 2.52. The molecule has 0 bridgehead atoms. The molecule has 0 radical (unpaired) electrons. The summed E-state index contributed by atoms with van der Waals surface area (Å²) in [4.78, 5) is 15.3. The van der Waals surface area contributed by atoms with Crippen LogP contribution in [0.2, 0.25) is 0 Å². The molecule has 21 heavy (non-hydrogen) atoms. The summed E-state index contributed by atoms with van der Waals surface area (Å²) >= 11 is 0. The number of hydrogen-bond donors (Lipinski definition) is 1. The van der Waals surface area contributed by atoms with Gasteiger partial charge in [-0.3, -0.25) is 9.78 Å². The Kier molecular flexibility index (Phi) is 5.84. The van der Waals surface area contributed by atoms with E-state index in [2.05, 4.69) is 10.3 Å². The molecule has 1 N–H and O–H groups in total. The van der Waals surface area contributed by atoms with Gasteiger partial charge in [0.1, 0.15) is 0 Å². The molecule has 1 heterocycles. The van der Waals surface area contributed by atoms with Gasteiger partial charge in [-0.1, -0.05) is 30.3 Å². The second kappa shape index (κ2) is 8.11. The molecule has 1 aromatic heterocycles. The maximum Gasteiger partial charge on any atom is 0.254 e. The Labute approximate surface area is 123 Å². The van der Waals surface area contributed by atoms with Crippen LogP contribution in [0.3, 0.4) is 0 Å². The Morgan fingerprint density at radius 3 is 2.81 bits per heavy atom. The zero-order valence-corrected chi connectivity index (χ0v) is 11.6. The highest BCUT2D eigenvalue weighted by Gasteiger charge is 2.09. The maximum atomic E-state index is 13.3. The van der Waals surface area contributed by atoms with Gasteiger partial charge >= 0.3 is 0 Å². The summed E-state index contributed by atoms with van der Waals surface area (Å²) in [6.45, 7) is 1.52. The number of carbonyl (C=O) groups excluding carboxylic acids is 1. The predicted octanol–water partition coefficient (Wildman–Crippen LogP) is 2.56. The standard InChI is InChI=1S/C16H17FN2O2/c17-15-11-18-9-7-14(15)16(20)19-8-4-10-21-12-13-5-2-1-3-6-13/h1-3,5-7,9,11H,4,8,10,12H2,(H,19,20). The molecule has 0 fully saturated rings. The first-order valence-electron chi connectivity index (χ1n) is 6.77. The second-order valence-electron chi connectivity index (χ2n) is 4.50. The highest BCUT2D eigenvalue weighted by Crippen LogP contribution is 2.04. The summed E-state index contributed by atoms with van der Waals surface area (Å²) in [6.07, 6.45) is 3.09. The minimum atomic E-state index is -0.615. The number of carbonyl (C=O) groups is 1. The van der Waals surface area contributed by atoms with E-state index in [9.17, 15) is 9.18 Å². The molecule has 0 aliphatic carbocycles. The molecule has 2 aromatic rings. The van der Waals surface area contributed by atoms with Crippen molar-refractivity contribution in [1.82, 2.24) is 10.3 Å². The smallest absolute Gasteiger partial charge is 0.254 e. The van der Waals surface area contributed by atoms with Crippen molar-refractivity contribution >= 4 is 5.91 Å². The van der Waals surface area contributed by atoms with Gasteiger partial charge in [-0.25, -0.2) is 4.39 Å². The van der Waals surface area contributed by atoms with E-state index in [-0.39, 0.29) is 5.56 Å². The molecule has 0 aliphatic rings. The molecule has 2 rings (SSSR count). The molecule has 110 valence electrons. The number of pyridine rings is 1. The molecular weight excluding hydrogens is 271 g/mol. The molecule has 5 heteroatoms. The third-order valence-electron chi connectivity index (χ3n) is 2.88. The van der Waals surface area contributed by atoms with Crippen molar-refractivity contribution < 1.29 is 13.9 Å². The normalized spacial score (nSPS) is 10.3. The van der Waals surface area contributed by atoms with Crippen molar-refractivity contribution in [2.45, 2.75) is 13.0 Å². The first kappa shape index (κ1) is 15.1. The van der Waals surface area contributed by atoms with Gasteiger partial charge < -0.3 is 10.1 Å². The van der Waals surface area contributed by atoms with Gasteiger partial charge in [0.15, 0.2) is 5.82 Å². The number of rotatable bonds is 7. The fraction of sp³-hybridized carbons (Fsp3) is 0.250. The van der Waals surface area contributed by atoms with Crippen molar-refractivity contribution in [2.75, 3.05) is 13.2 Å². The zero-order valence-electron chi connectivity index (χ0n) is 11.6. The van der Waals surface area contributed by atoms with Crippen LogP contribution >= 0.6 is 0 Å². The van der Waals surface area contributed by atoms with Crippen molar-refractivity contribution in [3.8, 4) is 0 Å². The predicted molar refractivity (Wildman–Crippen MR) is 77.2 cm³/mol. The molecule has 0 aliphatic heterocycles. The SMILES string of the molecule is O=C(NCCCOCc1ccccc1)c1ccncc1F. The molecule has 4 nitrogen and oxygen atoms in total. The highest BCUT2D eigenvalue weighted by atomic mass is 19.1. The first-order valence-corrected chi connectivity index (χ1v) is 6.77. The number of halogens is 1. The van der Waals surface area contributed by atoms with Crippen molar-refractivity contribution in [1.29, 1.82) is 0 Å². The van der Waals surface area contributed by atoms with Crippen molar-refractivity contribution in [3.05, 3.63) is 65.7 Å². The summed E-state index contributed by atoms with van der Waals surface area (Å²) in [7, 11) is 0. The third-order valence-corrected chi connectivity index (χ3v) is 2.88. The third kappa shape index (κ3) is 4.96. The number of aromatic nitrogens is 1. The lowest BCUT2D eigenvalue weighted by atomic mass is 10.2. The molecule has 0 unspecified atom stereocenters.